The summed E-state index contributed by atoms with van der Waals surface area (Å²) in [5.41, 5.74) is 9.51. The van der Waals surface area contributed by atoms with E-state index in [1.54, 1.807) is 6.20 Å². The Morgan fingerprint density at radius 3 is 2.93 bits per heavy atom. The number of nitrogens with one attached hydrogen (secondary N) is 1. The van der Waals surface area contributed by atoms with E-state index in [9.17, 15) is 5.11 Å². The number of pyridine rings is 2. The van der Waals surface area contributed by atoms with Gasteiger partial charge < -0.3 is 20.5 Å². The van der Waals surface area contributed by atoms with Gasteiger partial charge in [-0.1, -0.05) is 0 Å². The van der Waals surface area contributed by atoms with Crippen LogP contribution in [0.15, 0.2) is 36.8 Å². The molecule has 5 rings (SSSR count). The molecule has 9 nitrogen and oxygen atoms in total. The van der Waals surface area contributed by atoms with Crippen molar-refractivity contribution in [2.75, 3.05) is 24.6 Å². The third-order valence-corrected chi connectivity index (χ3v) is 5.43. The van der Waals surface area contributed by atoms with E-state index in [0.29, 0.717) is 13.2 Å². The molecule has 0 amide bonds. The van der Waals surface area contributed by atoms with Crippen molar-refractivity contribution in [3.63, 3.8) is 0 Å². The summed E-state index contributed by atoms with van der Waals surface area (Å²) in [6.45, 7) is 3.81. The van der Waals surface area contributed by atoms with E-state index in [4.69, 9.17) is 10.5 Å². The number of nitrogens with zero attached hydrogens (tertiary/aromatic N) is 5. The van der Waals surface area contributed by atoms with Crippen molar-refractivity contribution in [1.29, 1.82) is 0 Å². The lowest BCUT2D eigenvalue weighted by Crippen LogP contribution is -2.50. The molecule has 0 saturated carbocycles. The number of aliphatic hydroxyl groups excluding tert-OH is 1. The number of anilines is 1. The standard InChI is InChI=1S/C20H23N7O2.ClH/c1-2-29-13-7-14(19-15-9-23-24-20(15)25-27(19)10-13)12-3-4-18(22-8-12)26-6-5-16(21)17(28)11-26;/h3-4,7-10,16-17,28H,2,5-6,11,21H2,1H3,(H,24,25);1H/t16-,17-;/m0./s1. The number of hydrogen-bond donors (Lipinski definition) is 3. The molecule has 1 aliphatic heterocycles. The summed E-state index contributed by atoms with van der Waals surface area (Å²) in [5.74, 6) is 1.57. The molecule has 0 radical (unpaired) electrons. The van der Waals surface area contributed by atoms with Crippen LogP contribution in [0.3, 0.4) is 0 Å². The predicted molar refractivity (Wildman–Crippen MR) is 117 cm³/mol. The second-order valence-electron chi connectivity index (χ2n) is 7.32. The van der Waals surface area contributed by atoms with Crippen molar-refractivity contribution in [3.05, 3.63) is 36.8 Å². The lowest BCUT2D eigenvalue weighted by molar-refractivity contribution is 0.131. The van der Waals surface area contributed by atoms with Crippen molar-refractivity contribution in [2.24, 2.45) is 5.73 Å². The molecular weight excluding hydrogens is 406 g/mol. The van der Waals surface area contributed by atoms with Gasteiger partial charge in [-0.15, -0.1) is 17.5 Å². The first kappa shape index (κ1) is 20.4. The van der Waals surface area contributed by atoms with Crippen LogP contribution in [0.25, 0.3) is 27.7 Å². The topological polar surface area (TPSA) is 118 Å². The van der Waals surface area contributed by atoms with E-state index >= 15 is 0 Å². The average Bonchev–Trinajstić information content (AvgIpc) is 3.31. The summed E-state index contributed by atoms with van der Waals surface area (Å²) in [4.78, 5) is 6.72. The highest BCUT2D eigenvalue weighted by Gasteiger charge is 2.25. The van der Waals surface area contributed by atoms with Crippen LogP contribution >= 0.6 is 12.4 Å². The van der Waals surface area contributed by atoms with Gasteiger partial charge in [-0.05, 0) is 31.5 Å². The van der Waals surface area contributed by atoms with Gasteiger partial charge in [0.25, 0.3) is 0 Å². The lowest BCUT2D eigenvalue weighted by Gasteiger charge is -2.34. The highest BCUT2D eigenvalue weighted by molar-refractivity contribution is 6.00. The summed E-state index contributed by atoms with van der Waals surface area (Å²) in [7, 11) is 0. The molecule has 10 heteroatoms. The van der Waals surface area contributed by atoms with E-state index in [1.807, 2.05) is 42.0 Å². The van der Waals surface area contributed by atoms with E-state index in [0.717, 1.165) is 52.2 Å². The van der Waals surface area contributed by atoms with Gasteiger partial charge in [0.1, 0.15) is 11.6 Å². The van der Waals surface area contributed by atoms with Crippen molar-refractivity contribution in [1.82, 2.24) is 24.8 Å². The fraction of sp³-hybridized carbons (Fsp3) is 0.350. The Labute approximate surface area is 179 Å². The maximum absolute atomic E-state index is 10.1. The number of rotatable bonds is 4. The van der Waals surface area contributed by atoms with Crippen molar-refractivity contribution >= 4 is 34.8 Å². The first-order valence-electron chi connectivity index (χ1n) is 9.77. The molecule has 4 aromatic heterocycles. The van der Waals surface area contributed by atoms with Crippen molar-refractivity contribution < 1.29 is 9.84 Å². The second-order valence-corrected chi connectivity index (χ2v) is 7.32. The third kappa shape index (κ3) is 3.45. The van der Waals surface area contributed by atoms with Gasteiger partial charge in [-0.2, -0.15) is 5.10 Å². The largest absolute Gasteiger partial charge is 0.492 e. The molecule has 158 valence electrons. The second kappa shape index (κ2) is 8.10. The summed E-state index contributed by atoms with van der Waals surface area (Å²) < 4.78 is 7.55. The Kier molecular flexibility index (Phi) is 5.50. The Morgan fingerprint density at radius 2 is 2.20 bits per heavy atom. The zero-order chi connectivity index (χ0) is 20.0. The zero-order valence-electron chi connectivity index (χ0n) is 16.5. The number of fused-ring (bicyclic) bond motifs is 3. The molecule has 4 aromatic rings. The van der Waals surface area contributed by atoms with E-state index in [1.165, 1.54) is 0 Å². The molecule has 2 atom stereocenters. The number of H-pyrrole nitrogens is 1. The van der Waals surface area contributed by atoms with Gasteiger partial charge in [0.15, 0.2) is 5.65 Å². The smallest absolute Gasteiger partial charge is 0.178 e. The van der Waals surface area contributed by atoms with Gasteiger partial charge in [-0.25, -0.2) is 9.50 Å². The Bertz CT molecular complexity index is 1160. The molecule has 5 heterocycles. The van der Waals surface area contributed by atoms with Gasteiger partial charge in [-0.3, -0.25) is 5.10 Å². The number of nitrogens with two attached hydrogens (primary N) is 1. The van der Waals surface area contributed by atoms with Gasteiger partial charge in [0.2, 0.25) is 0 Å². The molecular formula is C20H24ClN7O2. The van der Waals surface area contributed by atoms with E-state index < -0.39 is 6.10 Å². The van der Waals surface area contributed by atoms with Crippen LogP contribution in [-0.2, 0) is 0 Å². The van der Waals surface area contributed by atoms with Crippen LogP contribution in [0.4, 0.5) is 5.82 Å². The van der Waals surface area contributed by atoms with Crippen LogP contribution in [0.5, 0.6) is 5.75 Å². The third-order valence-electron chi connectivity index (χ3n) is 5.43. The Hall–Kier alpha value is -2.88. The molecule has 30 heavy (non-hydrogen) atoms. The van der Waals surface area contributed by atoms with Crippen LogP contribution in [0, 0.1) is 0 Å². The fourth-order valence-electron chi connectivity index (χ4n) is 3.90. The number of ether oxygens (including phenoxy) is 1. The summed E-state index contributed by atoms with van der Waals surface area (Å²) in [6, 6.07) is 5.85. The highest BCUT2D eigenvalue weighted by Crippen LogP contribution is 2.33. The van der Waals surface area contributed by atoms with E-state index in [2.05, 4.69) is 25.2 Å². The number of hydrogen-bond acceptors (Lipinski definition) is 7. The maximum Gasteiger partial charge on any atom is 0.178 e. The quantitative estimate of drug-likeness (QED) is 0.454. The first-order chi connectivity index (χ1) is 14.1. The number of aromatic amines is 1. The van der Waals surface area contributed by atoms with Crippen LogP contribution in [0.2, 0.25) is 0 Å². The number of aliphatic hydroxyl groups is 1. The Balaban J connectivity index is 0.00000218. The molecule has 0 bridgehead atoms. The normalized spacial score (nSPS) is 19.2. The van der Waals surface area contributed by atoms with Gasteiger partial charge in [0, 0.05) is 36.5 Å². The number of piperidine rings is 1. The minimum Gasteiger partial charge on any atom is -0.492 e. The maximum atomic E-state index is 10.1. The van der Waals surface area contributed by atoms with Gasteiger partial charge in [0.05, 0.1) is 36.0 Å². The fourth-order valence-corrected chi connectivity index (χ4v) is 3.90. The lowest BCUT2D eigenvalue weighted by atomic mass is 10.0. The monoisotopic (exact) mass is 429 g/mol. The zero-order valence-corrected chi connectivity index (χ0v) is 17.3. The molecule has 0 aromatic carbocycles. The summed E-state index contributed by atoms with van der Waals surface area (Å²) in [5, 5.41) is 22.6. The molecule has 1 aliphatic rings. The van der Waals surface area contributed by atoms with E-state index in [-0.39, 0.29) is 18.4 Å². The summed E-state index contributed by atoms with van der Waals surface area (Å²) >= 11 is 0. The molecule has 4 N–H and O–H groups in total. The predicted octanol–water partition coefficient (Wildman–Crippen LogP) is 1.99. The molecule has 0 unspecified atom stereocenters. The number of β-amino-alcohol motifs (C(OH)–C–C–N with tert-alkyl or cyclic N) is 1. The molecule has 1 saturated heterocycles. The average molecular weight is 430 g/mol. The minimum atomic E-state index is -0.533. The number of halogens is 1. The van der Waals surface area contributed by atoms with Gasteiger partial charge >= 0.3 is 0 Å². The molecule has 0 spiro atoms. The summed E-state index contributed by atoms with van der Waals surface area (Å²) in [6.07, 6.45) is 5.71. The van der Waals surface area contributed by atoms with Crippen LogP contribution in [-0.4, -0.2) is 61.7 Å². The molecule has 0 aliphatic carbocycles. The highest BCUT2D eigenvalue weighted by atomic mass is 35.5. The SMILES string of the molecule is CCOc1cc(-c2ccc(N3CC[C@H](N)[C@@H](O)C3)nc2)c2c3cn[nH]c3nn2c1.Cl. The van der Waals surface area contributed by atoms with Crippen molar-refractivity contribution in [2.45, 2.75) is 25.5 Å². The number of aromatic nitrogens is 5. The minimum absolute atomic E-state index is 0. The van der Waals surface area contributed by atoms with Crippen LogP contribution < -0.4 is 15.4 Å². The first-order valence-corrected chi connectivity index (χ1v) is 9.77. The van der Waals surface area contributed by atoms with Crippen molar-refractivity contribution in [3.8, 4) is 16.9 Å². The molecule has 1 fully saturated rings. The van der Waals surface area contributed by atoms with Crippen LogP contribution in [0.1, 0.15) is 13.3 Å². The Morgan fingerprint density at radius 1 is 1.33 bits per heavy atom.